The van der Waals surface area contributed by atoms with Crippen LogP contribution < -0.4 is 4.31 Å². The van der Waals surface area contributed by atoms with Crippen LogP contribution in [-0.4, -0.2) is 70.9 Å². The minimum Gasteiger partial charge on any atom is -0.303 e. The van der Waals surface area contributed by atoms with Crippen molar-refractivity contribution in [1.29, 1.82) is 0 Å². The molecule has 34 heavy (non-hydrogen) atoms. The van der Waals surface area contributed by atoms with Crippen LogP contribution in [0.1, 0.15) is 41.6 Å². The van der Waals surface area contributed by atoms with Crippen LogP contribution in [0.3, 0.4) is 0 Å². The molecule has 0 N–H and O–H groups in total. The third-order valence-corrected chi connectivity index (χ3v) is 10.4. The predicted octanol–water partition coefficient (Wildman–Crippen LogP) is 2.42. The second kappa shape index (κ2) is 8.35. The van der Waals surface area contributed by atoms with Gasteiger partial charge in [-0.2, -0.15) is 0 Å². The largest absolute Gasteiger partial charge is 0.303 e. The van der Waals surface area contributed by atoms with Crippen molar-refractivity contribution in [2.24, 2.45) is 0 Å². The van der Waals surface area contributed by atoms with E-state index in [1.807, 2.05) is 18.2 Å². The van der Waals surface area contributed by atoms with Gasteiger partial charge in [0.1, 0.15) is 4.90 Å². The van der Waals surface area contributed by atoms with Crippen molar-refractivity contribution in [3.63, 3.8) is 0 Å². The molecule has 0 saturated carbocycles. The fourth-order valence-electron chi connectivity index (χ4n) is 5.56. The van der Waals surface area contributed by atoms with Gasteiger partial charge in [0.15, 0.2) is 0 Å². The Morgan fingerprint density at radius 3 is 2.29 bits per heavy atom. The summed E-state index contributed by atoms with van der Waals surface area (Å²) in [6.07, 6.45) is 4.41. The normalized spacial score (nSPS) is 21.1. The summed E-state index contributed by atoms with van der Waals surface area (Å²) < 4.78 is 52.6. The molecule has 2 aromatic carbocycles. The molecule has 0 aliphatic carbocycles. The number of sulfonamides is 2. The lowest BCUT2D eigenvalue weighted by atomic mass is 9.74. The number of carbonyl (C=O) groups is 1. The standard InChI is InChI=1S/C24H29N3O5S2/c1-33(29,30)27-18-24(20-9-3-4-10-21(20)27)12-16-25(17-13-24)14-6-7-15-26-23(28)19-8-2-5-11-22(19)34(26,31)32/h2-5,8-11H,6-7,12-18H2,1H3. The zero-order valence-electron chi connectivity index (χ0n) is 19.2. The average Bonchev–Trinajstić information content (AvgIpc) is 3.23. The van der Waals surface area contributed by atoms with Crippen LogP contribution in [-0.2, 0) is 25.5 Å². The number of likely N-dealkylation sites (tertiary alicyclic amines) is 1. The van der Waals surface area contributed by atoms with Gasteiger partial charge in [0, 0.05) is 18.5 Å². The summed E-state index contributed by atoms with van der Waals surface area (Å²) in [4.78, 5) is 15.0. The molecular weight excluding hydrogens is 474 g/mol. The Bertz CT molecular complexity index is 1330. The Balaban J connectivity index is 1.16. The van der Waals surface area contributed by atoms with Crippen molar-refractivity contribution in [2.45, 2.75) is 36.0 Å². The maximum atomic E-state index is 12.7. The fourth-order valence-corrected chi connectivity index (χ4v) is 8.16. The van der Waals surface area contributed by atoms with E-state index in [2.05, 4.69) is 11.0 Å². The van der Waals surface area contributed by atoms with E-state index in [9.17, 15) is 21.6 Å². The van der Waals surface area contributed by atoms with E-state index in [1.165, 1.54) is 12.3 Å². The second-order valence-electron chi connectivity index (χ2n) is 9.49. The van der Waals surface area contributed by atoms with Gasteiger partial charge in [0.25, 0.3) is 15.9 Å². The topological polar surface area (TPSA) is 95.1 Å². The Labute approximate surface area is 201 Å². The molecule has 1 amide bonds. The summed E-state index contributed by atoms with van der Waals surface area (Å²) >= 11 is 0. The summed E-state index contributed by atoms with van der Waals surface area (Å²) in [5, 5.41) is 0. The maximum Gasteiger partial charge on any atom is 0.269 e. The number of para-hydroxylation sites is 1. The zero-order chi connectivity index (χ0) is 24.1. The van der Waals surface area contributed by atoms with Gasteiger partial charge >= 0.3 is 0 Å². The highest BCUT2D eigenvalue weighted by Gasteiger charge is 2.47. The van der Waals surface area contributed by atoms with Gasteiger partial charge in [0.2, 0.25) is 10.0 Å². The number of fused-ring (bicyclic) bond motifs is 3. The Morgan fingerprint density at radius 2 is 1.59 bits per heavy atom. The first-order chi connectivity index (χ1) is 16.1. The predicted molar refractivity (Wildman–Crippen MR) is 130 cm³/mol. The Morgan fingerprint density at radius 1 is 0.941 bits per heavy atom. The maximum absolute atomic E-state index is 12.7. The van der Waals surface area contributed by atoms with E-state index >= 15 is 0 Å². The lowest BCUT2D eigenvalue weighted by Gasteiger charge is -2.40. The van der Waals surface area contributed by atoms with E-state index in [1.54, 1.807) is 22.5 Å². The molecule has 0 aromatic heterocycles. The van der Waals surface area contributed by atoms with Gasteiger partial charge in [-0.05, 0) is 69.1 Å². The first-order valence-electron chi connectivity index (χ1n) is 11.6. The number of benzene rings is 2. The molecule has 8 nitrogen and oxygen atoms in total. The number of piperidine rings is 1. The summed E-state index contributed by atoms with van der Waals surface area (Å²) in [6.45, 7) is 3.22. The van der Waals surface area contributed by atoms with Gasteiger partial charge < -0.3 is 4.90 Å². The van der Waals surface area contributed by atoms with Crippen LogP contribution in [0.15, 0.2) is 53.4 Å². The number of hydrogen-bond acceptors (Lipinski definition) is 6. The average molecular weight is 504 g/mol. The van der Waals surface area contributed by atoms with Gasteiger partial charge in [0.05, 0.1) is 17.5 Å². The number of carbonyl (C=O) groups excluding carboxylic acids is 1. The molecule has 2 aromatic rings. The summed E-state index contributed by atoms with van der Waals surface area (Å²) in [6, 6.07) is 14.2. The van der Waals surface area contributed by atoms with Crippen molar-refractivity contribution >= 4 is 31.6 Å². The molecular formula is C24H29N3O5S2. The molecule has 3 heterocycles. The third-order valence-electron chi connectivity index (χ3n) is 7.40. The molecule has 3 aliphatic heterocycles. The smallest absolute Gasteiger partial charge is 0.269 e. The van der Waals surface area contributed by atoms with Crippen LogP contribution in [0.4, 0.5) is 5.69 Å². The van der Waals surface area contributed by atoms with Crippen LogP contribution in [0.5, 0.6) is 0 Å². The highest BCUT2D eigenvalue weighted by Crippen LogP contribution is 2.47. The third kappa shape index (κ3) is 3.81. The number of anilines is 1. The van der Waals surface area contributed by atoms with Crippen molar-refractivity contribution in [3.8, 4) is 0 Å². The Hall–Kier alpha value is -2.43. The molecule has 182 valence electrons. The van der Waals surface area contributed by atoms with Crippen molar-refractivity contribution in [2.75, 3.05) is 43.3 Å². The lowest BCUT2D eigenvalue weighted by molar-refractivity contribution is 0.0867. The minimum absolute atomic E-state index is 0.0984. The van der Waals surface area contributed by atoms with Crippen LogP contribution in [0.2, 0.25) is 0 Å². The molecule has 10 heteroatoms. The Kier molecular flexibility index (Phi) is 5.73. The first-order valence-corrected chi connectivity index (χ1v) is 14.9. The van der Waals surface area contributed by atoms with E-state index in [-0.39, 0.29) is 22.4 Å². The summed E-state index contributed by atoms with van der Waals surface area (Å²) in [5.74, 6) is -0.439. The van der Waals surface area contributed by atoms with Crippen molar-refractivity contribution in [3.05, 3.63) is 59.7 Å². The lowest BCUT2D eigenvalue weighted by Crippen LogP contribution is -2.46. The number of nitrogens with zero attached hydrogens (tertiary/aromatic N) is 3. The number of hydrogen-bond donors (Lipinski definition) is 0. The van der Waals surface area contributed by atoms with Crippen LogP contribution >= 0.6 is 0 Å². The molecule has 1 spiro atoms. The number of rotatable bonds is 6. The van der Waals surface area contributed by atoms with E-state index < -0.39 is 26.0 Å². The molecule has 3 aliphatic rings. The first kappa shape index (κ1) is 23.3. The van der Waals surface area contributed by atoms with Gasteiger partial charge in [-0.1, -0.05) is 30.3 Å². The monoisotopic (exact) mass is 503 g/mol. The molecule has 5 rings (SSSR count). The van der Waals surface area contributed by atoms with Crippen molar-refractivity contribution < 1.29 is 21.6 Å². The van der Waals surface area contributed by atoms with Crippen molar-refractivity contribution in [1.82, 2.24) is 9.21 Å². The molecule has 0 unspecified atom stereocenters. The number of amides is 1. The van der Waals surface area contributed by atoms with E-state index in [0.717, 1.165) is 54.5 Å². The van der Waals surface area contributed by atoms with E-state index in [4.69, 9.17) is 0 Å². The van der Waals surface area contributed by atoms with Gasteiger partial charge in [-0.3, -0.25) is 9.10 Å². The zero-order valence-corrected chi connectivity index (χ0v) is 20.8. The number of unbranched alkanes of at least 4 members (excludes halogenated alkanes) is 1. The quantitative estimate of drug-likeness (QED) is 0.562. The second-order valence-corrected chi connectivity index (χ2v) is 13.2. The molecule has 1 fully saturated rings. The molecule has 0 radical (unpaired) electrons. The highest BCUT2D eigenvalue weighted by molar-refractivity contribution is 7.92. The van der Waals surface area contributed by atoms with Crippen LogP contribution in [0, 0.1) is 0 Å². The van der Waals surface area contributed by atoms with Gasteiger partial charge in [-0.15, -0.1) is 0 Å². The molecule has 0 bridgehead atoms. The van der Waals surface area contributed by atoms with Crippen LogP contribution in [0.25, 0.3) is 0 Å². The highest BCUT2D eigenvalue weighted by atomic mass is 32.2. The van der Waals surface area contributed by atoms with Gasteiger partial charge in [-0.25, -0.2) is 21.1 Å². The summed E-state index contributed by atoms with van der Waals surface area (Å²) in [5.41, 5.74) is 2.02. The SMILES string of the molecule is CS(=O)(=O)N1CC2(CCN(CCCCN3C(=O)c4ccccc4S3(=O)=O)CC2)c2ccccc21. The minimum atomic E-state index is -3.75. The molecule has 0 atom stereocenters. The van der Waals surface area contributed by atoms with E-state index in [0.29, 0.717) is 13.0 Å². The fraction of sp³-hybridized carbons (Fsp3) is 0.458. The summed E-state index contributed by atoms with van der Waals surface area (Å²) in [7, 11) is -7.07. The molecule has 1 saturated heterocycles.